The summed E-state index contributed by atoms with van der Waals surface area (Å²) >= 11 is 0. The molecule has 4 atom stereocenters. The molecule has 2 N–H and O–H groups in total. The molecule has 166 valence electrons. The molecule has 2 unspecified atom stereocenters. The Balaban J connectivity index is 1.27. The number of anilines is 1. The Kier molecular flexibility index (Phi) is 4.64. The van der Waals surface area contributed by atoms with Gasteiger partial charge in [0.1, 0.15) is 17.7 Å². The predicted octanol–water partition coefficient (Wildman–Crippen LogP) is 3.45. The van der Waals surface area contributed by atoms with Crippen molar-refractivity contribution in [2.45, 2.75) is 62.4 Å². The van der Waals surface area contributed by atoms with Gasteiger partial charge in [-0.2, -0.15) is 5.10 Å². The van der Waals surface area contributed by atoms with Crippen LogP contribution in [0.1, 0.15) is 32.1 Å². The summed E-state index contributed by atoms with van der Waals surface area (Å²) in [5.74, 6) is 0.878. The smallest absolute Gasteiger partial charge is 0.147 e. The quantitative estimate of drug-likeness (QED) is 0.640. The van der Waals surface area contributed by atoms with E-state index in [1.165, 1.54) is 0 Å². The predicted molar refractivity (Wildman–Crippen MR) is 120 cm³/mol. The Labute approximate surface area is 186 Å². The highest BCUT2D eigenvalue weighted by Gasteiger charge is 2.48. The zero-order chi connectivity index (χ0) is 21.8. The molecule has 7 nitrogen and oxygen atoms in total. The molecule has 32 heavy (non-hydrogen) atoms. The molecular weight excluding hydrogens is 407 g/mol. The molecular formula is C24H27FN6O. The fourth-order valence-electron chi connectivity index (χ4n) is 5.32. The van der Waals surface area contributed by atoms with E-state index in [4.69, 9.17) is 0 Å². The number of halogens is 1. The van der Waals surface area contributed by atoms with E-state index in [9.17, 15) is 5.11 Å². The van der Waals surface area contributed by atoms with Gasteiger partial charge in [0.25, 0.3) is 0 Å². The van der Waals surface area contributed by atoms with Gasteiger partial charge >= 0.3 is 0 Å². The van der Waals surface area contributed by atoms with Gasteiger partial charge in [-0.1, -0.05) is 6.07 Å². The maximum Gasteiger partial charge on any atom is 0.147 e. The van der Waals surface area contributed by atoms with Crippen molar-refractivity contribution in [1.82, 2.24) is 25.1 Å². The summed E-state index contributed by atoms with van der Waals surface area (Å²) in [6.07, 6.45) is 11.1. The lowest BCUT2D eigenvalue weighted by Gasteiger charge is -2.41. The van der Waals surface area contributed by atoms with E-state index in [2.05, 4.69) is 25.3 Å². The van der Waals surface area contributed by atoms with E-state index in [0.717, 1.165) is 49.0 Å². The topological polar surface area (TPSA) is 79.1 Å². The van der Waals surface area contributed by atoms with Crippen LogP contribution in [0, 0.1) is 0 Å². The number of nitrogens with zero attached hydrogens (tertiary/aromatic N) is 5. The van der Waals surface area contributed by atoms with E-state index in [1.54, 1.807) is 29.3 Å². The van der Waals surface area contributed by atoms with Gasteiger partial charge in [0.2, 0.25) is 0 Å². The van der Waals surface area contributed by atoms with Crippen LogP contribution in [-0.4, -0.2) is 55.2 Å². The Morgan fingerprint density at radius 3 is 2.66 bits per heavy atom. The Bertz CT molecular complexity index is 1130. The minimum Gasteiger partial charge on any atom is -0.507 e. The lowest BCUT2D eigenvalue weighted by molar-refractivity contribution is 0.171. The first-order chi connectivity index (χ1) is 15.6. The van der Waals surface area contributed by atoms with Crippen molar-refractivity contribution in [3.63, 3.8) is 0 Å². The highest BCUT2D eigenvalue weighted by atomic mass is 19.1. The number of benzene rings is 1. The first-order valence-electron chi connectivity index (χ1n) is 11.4. The van der Waals surface area contributed by atoms with Gasteiger partial charge in [-0.05, 0) is 49.8 Å². The Morgan fingerprint density at radius 2 is 1.97 bits per heavy atom. The molecule has 1 aromatic carbocycles. The fraction of sp³-hybridized carbons (Fsp3) is 0.458. The van der Waals surface area contributed by atoms with Gasteiger partial charge < -0.3 is 15.3 Å². The van der Waals surface area contributed by atoms with E-state index >= 15 is 4.39 Å². The van der Waals surface area contributed by atoms with Gasteiger partial charge in [-0.15, -0.1) is 0 Å². The number of hydrogen-bond acceptors (Lipinski definition) is 6. The van der Waals surface area contributed by atoms with Crippen LogP contribution < -0.4 is 10.2 Å². The van der Waals surface area contributed by atoms with Gasteiger partial charge in [-0.25, -0.2) is 9.37 Å². The number of phenols is 1. The van der Waals surface area contributed by atoms with Gasteiger partial charge in [0.05, 0.1) is 30.3 Å². The second-order valence-electron chi connectivity index (χ2n) is 9.33. The third kappa shape index (κ3) is 3.43. The highest BCUT2D eigenvalue weighted by Crippen LogP contribution is 2.40. The van der Waals surface area contributed by atoms with Crippen LogP contribution in [-0.2, 0) is 7.05 Å². The molecule has 1 aliphatic carbocycles. The zero-order valence-corrected chi connectivity index (χ0v) is 18.0. The van der Waals surface area contributed by atoms with Gasteiger partial charge in [0, 0.05) is 42.5 Å². The molecule has 0 spiro atoms. The van der Waals surface area contributed by atoms with Gasteiger partial charge in [-0.3, -0.25) is 9.67 Å². The minimum atomic E-state index is -0.889. The molecule has 6 rings (SSSR count). The zero-order valence-electron chi connectivity index (χ0n) is 18.0. The molecule has 3 fully saturated rings. The summed E-state index contributed by atoms with van der Waals surface area (Å²) < 4.78 is 17.0. The van der Waals surface area contributed by atoms with Crippen LogP contribution in [0.5, 0.6) is 5.75 Å². The second-order valence-corrected chi connectivity index (χ2v) is 9.33. The molecule has 1 saturated carbocycles. The van der Waals surface area contributed by atoms with Crippen molar-refractivity contribution in [3.05, 3.63) is 43.0 Å². The lowest BCUT2D eigenvalue weighted by atomic mass is 9.96. The number of hydrogen-bond donors (Lipinski definition) is 2. The first kappa shape index (κ1) is 19.7. The minimum absolute atomic E-state index is 0.0393. The summed E-state index contributed by atoms with van der Waals surface area (Å²) in [5, 5.41) is 18.2. The van der Waals surface area contributed by atoms with E-state index in [0.29, 0.717) is 23.3 Å². The molecule has 2 aliphatic heterocycles. The number of piperidine rings is 1. The third-order valence-corrected chi connectivity index (χ3v) is 7.07. The van der Waals surface area contributed by atoms with Crippen molar-refractivity contribution in [3.8, 4) is 28.1 Å². The van der Waals surface area contributed by atoms with Crippen molar-refractivity contribution >= 4 is 5.82 Å². The number of nitrogens with one attached hydrogen (secondary N) is 1. The van der Waals surface area contributed by atoms with Crippen LogP contribution in [0.3, 0.4) is 0 Å². The number of rotatable bonds is 5. The Morgan fingerprint density at radius 1 is 1.09 bits per heavy atom. The van der Waals surface area contributed by atoms with Crippen molar-refractivity contribution in [2.24, 2.45) is 7.05 Å². The second kappa shape index (κ2) is 7.55. The summed E-state index contributed by atoms with van der Waals surface area (Å²) in [7, 11) is 1.86. The molecule has 3 aromatic rings. The number of aromatic nitrogens is 4. The molecule has 0 radical (unpaired) electrons. The van der Waals surface area contributed by atoms with Crippen LogP contribution in [0.4, 0.5) is 10.2 Å². The fourth-order valence-corrected chi connectivity index (χ4v) is 5.32. The largest absolute Gasteiger partial charge is 0.507 e. The van der Waals surface area contributed by atoms with E-state index < -0.39 is 6.17 Å². The molecule has 2 aromatic heterocycles. The van der Waals surface area contributed by atoms with Crippen molar-refractivity contribution in [2.75, 3.05) is 4.90 Å². The molecule has 2 bridgehead atoms. The van der Waals surface area contributed by atoms with Crippen LogP contribution in [0.2, 0.25) is 0 Å². The maximum atomic E-state index is 15.2. The Hall–Kier alpha value is -3.00. The monoisotopic (exact) mass is 434 g/mol. The molecule has 2 saturated heterocycles. The number of aryl methyl sites for hydroxylation is 1. The van der Waals surface area contributed by atoms with Crippen molar-refractivity contribution < 1.29 is 9.50 Å². The number of alkyl halides is 1. The maximum absolute atomic E-state index is 15.2. The van der Waals surface area contributed by atoms with Crippen LogP contribution >= 0.6 is 0 Å². The average Bonchev–Trinajstić information content (AvgIpc) is 3.39. The van der Waals surface area contributed by atoms with Crippen molar-refractivity contribution in [1.29, 1.82) is 0 Å². The van der Waals surface area contributed by atoms with E-state index in [-0.39, 0.29) is 17.8 Å². The summed E-state index contributed by atoms with van der Waals surface area (Å²) in [4.78, 5) is 11.5. The van der Waals surface area contributed by atoms with E-state index in [1.807, 2.05) is 25.4 Å². The number of fused-ring (bicyclic) bond motifs is 2. The first-order valence-corrected chi connectivity index (χ1v) is 11.4. The summed E-state index contributed by atoms with van der Waals surface area (Å²) in [5.41, 5.74) is 3.05. The molecule has 4 heterocycles. The molecule has 0 amide bonds. The highest BCUT2D eigenvalue weighted by molar-refractivity contribution is 5.73. The standard InChI is InChI=1S/C24H27FN6O/c1-30-13-15(10-28-30)14-2-6-18(22(32)8-14)20-11-27-23(12-26-20)31(17-4-5-17)21-9-16-3-7-19(29-16)24(21)25/h2,6,8,10-13,16-17,19,21,24,29,32H,3-5,7,9H2,1H3/t16?,19?,21-,24+/m0/s1. The van der Waals surface area contributed by atoms with Crippen LogP contribution in [0.15, 0.2) is 43.0 Å². The molecule has 3 aliphatic rings. The number of aromatic hydroxyl groups is 1. The van der Waals surface area contributed by atoms with Gasteiger partial charge in [0.15, 0.2) is 0 Å². The normalized spacial score (nSPS) is 26.9. The molecule has 8 heteroatoms. The average molecular weight is 435 g/mol. The summed E-state index contributed by atoms with van der Waals surface area (Å²) in [6.45, 7) is 0. The summed E-state index contributed by atoms with van der Waals surface area (Å²) in [6, 6.07) is 6.08. The number of phenolic OH excluding ortho intramolecular Hbond substituents is 1. The third-order valence-electron chi connectivity index (χ3n) is 7.07. The van der Waals surface area contributed by atoms with Crippen LogP contribution in [0.25, 0.3) is 22.4 Å². The SMILES string of the molecule is Cn1cc(-c2ccc(-c3cnc(N(C4CC4)[C@H]4CC5CCC(N5)[C@H]4F)cn3)c(O)c2)cn1. The lowest BCUT2D eigenvalue weighted by Crippen LogP contribution is -2.57.